The molecule has 0 aromatic heterocycles. The van der Waals surface area contributed by atoms with E-state index >= 15 is 0 Å². The van der Waals surface area contributed by atoms with Crippen molar-refractivity contribution in [1.29, 1.82) is 0 Å². The molecule has 1 fully saturated rings. The quantitative estimate of drug-likeness (QED) is 0.919. The summed E-state index contributed by atoms with van der Waals surface area (Å²) in [7, 11) is 3.36. The zero-order valence-electron chi connectivity index (χ0n) is 12.9. The highest BCUT2D eigenvalue weighted by atomic mass is 16.5. The summed E-state index contributed by atoms with van der Waals surface area (Å²) in [5.41, 5.74) is 7.55. The normalized spacial score (nSPS) is 23.9. The zero-order chi connectivity index (χ0) is 14.7. The Morgan fingerprint density at radius 3 is 2.60 bits per heavy atom. The summed E-state index contributed by atoms with van der Waals surface area (Å²) in [6, 6.07) is 6.82. The lowest BCUT2D eigenvalue weighted by Crippen LogP contribution is -2.48. The summed E-state index contributed by atoms with van der Waals surface area (Å²) in [5, 5.41) is 0. The lowest BCUT2D eigenvalue weighted by molar-refractivity contribution is 0.0925. The van der Waals surface area contributed by atoms with Crippen LogP contribution in [0.3, 0.4) is 0 Å². The summed E-state index contributed by atoms with van der Waals surface area (Å²) in [5.74, 6) is 1.58. The molecule has 2 N–H and O–H groups in total. The standard InChI is InChI=1S/C16H26N2O2/c1-11(2)18-10-6-8-13(17)15(18)12-7-5-9-14(19-3)16(12)20-4/h5,7,9,11,13,15H,6,8,10,17H2,1-4H3. The van der Waals surface area contributed by atoms with E-state index in [0.29, 0.717) is 6.04 Å². The molecule has 0 radical (unpaired) electrons. The molecule has 2 atom stereocenters. The van der Waals surface area contributed by atoms with Gasteiger partial charge in [0.1, 0.15) is 0 Å². The maximum atomic E-state index is 6.42. The van der Waals surface area contributed by atoms with E-state index in [1.807, 2.05) is 12.1 Å². The Bertz CT molecular complexity index is 448. The maximum absolute atomic E-state index is 6.42. The van der Waals surface area contributed by atoms with Gasteiger partial charge in [0.15, 0.2) is 11.5 Å². The number of rotatable bonds is 4. The average Bonchev–Trinajstić information content (AvgIpc) is 2.45. The molecular weight excluding hydrogens is 252 g/mol. The molecule has 1 aliphatic rings. The highest BCUT2D eigenvalue weighted by molar-refractivity contribution is 5.48. The number of nitrogens with two attached hydrogens (primary N) is 1. The van der Waals surface area contributed by atoms with Crippen LogP contribution in [0.4, 0.5) is 0 Å². The van der Waals surface area contributed by atoms with Crippen LogP contribution in [0.2, 0.25) is 0 Å². The molecule has 1 heterocycles. The van der Waals surface area contributed by atoms with Crippen LogP contribution in [0.5, 0.6) is 11.5 Å². The molecule has 1 saturated heterocycles. The van der Waals surface area contributed by atoms with E-state index in [9.17, 15) is 0 Å². The second-order valence-corrected chi connectivity index (χ2v) is 5.67. The van der Waals surface area contributed by atoms with Gasteiger partial charge in [-0.3, -0.25) is 4.90 Å². The second kappa shape index (κ2) is 6.46. The van der Waals surface area contributed by atoms with Gasteiger partial charge in [-0.2, -0.15) is 0 Å². The van der Waals surface area contributed by atoms with Crippen molar-refractivity contribution in [3.05, 3.63) is 23.8 Å². The number of hydrogen-bond acceptors (Lipinski definition) is 4. The first kappa shape index (κ1) is 15.1. The van der Waals surface area contributed by atoms with Crippen LogP contribution in [0.25, 0.3) is 0 Å². The fourth-order valence-electron chi connectivity index (χ4n) is 3.19. The highest BCUT2D eigenvalue weighted by Gasteiger charge is 2.34. The summed E-state index contributed by atoms with van der Waals surface area (Å²) in [6.45, 7) is 5.52. The predicted molar refractivity (Wildman–Crippen MR) is 81.3 cm³/mol. The summed E-state index contributed by atoms with van der Waals surface area (Å²) in [4.78, 5) is 2.46. The molecule has 4 nitrogen and oxygen atoms in total. The number of nitrogens with zero attached hydrogens (tertiary/aromatic N) is 1. The van der Waals surface area contributed by atoms with Crippen molar-refractivity contribution in [2.75, 3.05) is 20.8 Å². The van der Waals surface area contributed by atoms with E-state index in [1.165, 1.54) is 0 Å². The number of hydrogen-bond donors (Lipinski definition) is 1. The van der Waals surface area contributed by atoms with E-state index in [1.54, 1.807) is 14.2 Å². The molecule has 20 heavy (non-hydrogen) atoms. The molecule has 2 unspecified atom stereocenters. The van der Waals surface area contributed by atoms with E-state index < -0.39 is 0 Å². The maximum Gasteiger partial charge on any atom is 0.165 e. The van der Waals surface area contributed by atoms with Gasteiger partial charge >= 0.3 is 0 Å². The third kappa shape index (κ3) is 2.76. The zero-order valence-corrected chi connectivity index (χ0v) is 12.9. The van der Waals surface area contributed by atoms with Crippen molar-refractivity contribution in [1.82, 2.24) is 4.90 Å². The monoisotopic (exact) mass is 278 g/mol. The number of para-hydroxylation sites is 1. The van der Waals surface area contributed by atoms with Gasteiger partial charge in [-0.15, -0.1) is 0 Å². The van der Waals surface area contributed by atoms with Gasteiger partial charge in [0.25, 0.3) is 0 Å². The first-order valence-corrected chi connectivity index (χ1v) is 7.32. The fourth-order valence-corrected chi connectivity index (χ4v) is 3.19. The van der Waals surface area contributed by atoms with Gasteiger partial charge in [0.2, 0.25) is 0 Å². The number of methoxy groups -OCH3 is 2. The molecule has 2 rings (SSSR count). The van der Waals surface area contributed by atoms with Crippen molar-refractivity contribution in [3.63, 3.8) is 0 Å². The Balaban J connectivity index is 2.46. The van der Waals surface area contributed by atoms with E-state index in [-0.39, 0.29) is 12.1 Å². The minimum absolute atomic E-state index is 0.132. The Kier molecular flexibility index (Phi) is 4.89. The SMILES string of the molecule is COc1cccc(C2C(N)CCCN2C(C)C)c1OC. The van der Waals surface area contributed by atoms with Crippen LogP contribution in [0, 0.1) is 0 Å². The van der Waals surface area contributed by atoms with Gasteiger partial charge < -0.3 is 15.2 Å². The minimum atomic E-state index is 0.132. The minimum Gasteiger partial charge on any atom is -0.493 e. The molecule has 1 aromatic rings. The Hall–Kier alpha value is -1.26. The van der Waals surface area contributed by atoms with Gasteiger partial charge in [0, 0.05) is 17.6 Å². The molecule has 112 valence electrons. The number of benzene rings is 1. The van der Waals surface area contributed by atoms with E-state index in [2.05, 4.69) is 24.8 Å². The van der Waals surface area contributed by atoms with Crippen LogP contribution in [0.1, 0.15) is 38.3 Å². The molecule has 0 bridgehead atoms. The lowest BCUT2D eigenvalue weighted by atomic mass is 9.89. The van der Waals surface area contributed by atoms with Crippen molar-refractivity contribution in [2.24, 2.45) is 5.73 Å². The van der Waals surface area contributed by atoms with Crippen molar-refractivity contribution < 1.29 is 9.47 Å². The molecule has 0 saturated carbocycles. The topological polar surface area (TPSA) is 47.7 Å². The Labute approximate surface area is 121 Å². The van der Waals surface area contributed by atoms with E-state index in [0.717, 1.165) is 36.4 Å². The van der Waals surface area contributed by atoms with Gasteiger partial charge in [0.05, 0.1) is 20.3 Å². The lowest BCUT2D eigenvalue weighted by Gasteiger charge is -2.43. The van der Waals surface area contributed by atoms with Crippen LogP contribution in [-0.2, 0) is 0 Å². The van der Waals surface area contributed by atoms with E-state index in [4.69, 9.17) is 15.2 Å². The first-order chi connectivity index (χ1) is 9.60. The van der Waals surface area contributed by atoms with Crippen molar-refractivity contribution in [2.45, 2.75) is 44.8 Å². The van der Waals surface area contributed by atoms with Crippen LogP contribution in [-0.4, -0.2) is 37.7 Å². The molecule has 1 aromatic carbocycles. The molecular formula is C16H26N2O2. The summed E-state index contributed by atoms with van der Waals surface area (Å²) in [6.07, 6.45) is 2.20. The van der Waals surface area contributed by atoms with Gasteiger partial charge in [-0.05, 0) is 39.3 Å². The molecule has 1 aliphatic heterocycles. The summed E-state index contributed by atoms with van der Waals surface area (Å²) >= 11 is 0. The fraction of sp³-hybridized carbons (Fsp3) is 0.625. The number of likely N-dealkylation sites (tertiary alicyclic amines) is 1. The van der Waals surface area contributed by atoms with Crippen LogP contribution < -0.4 is 15.2 Å². The number of piperidine rings is 1. The highest BCUT2D eigenvalue weighted by Crippen LogP contribution is 2.40. The Morgan fingerprint density at radius 1 is 1.25 bits per heavy atom. The molecule has 0 amide bonds. The Morgan fingerprint density at radius 2 is 2.00 bits per heavy atom. The third-order valence-corrected chi connectivity index (χ3v) is 4.13. The van der Waals surface area contributed by atoms with Crippen molar-refractivity contribution >= 4 is 0 Å². The summed E-state index contributed by atoms with van der Waals surface area (Å²) < 4.78 is 11.0. The smallest absolute Gasteiger partial charge is 0.165 e. The molecule has 4 heteroatoms. The van der Waals surface area contributed by atoms with Crippen LogP contribution >= 0.6 is 0 Å². The largest absolute Gasteiger partial charge is 0.493 e. The number of ether oxygens (including phenoxy) is 2. The first-order valence-electron chi connectivity index (χ1n) is 7.32. The van der Waals surface area contributed by atoms with Crippen LogP contribution in [0.15, 0.2) is 18.2 Å². The predicted octanol–water partition coefficient (Wildman–Crippen LogP) is 2.58. The van der Waals surface area contributed by atoms with Gasteiger partial charge in [-0.25, -0.2) is 0 Å². The second-order valence-electron chi connectivity index (χ2n) is 5.67. The third-order valence-electron chi connectivity index (χ3n) is 4.13. The van der Waals surface area contributed by atoms with Crippen molar-refractivity contribution in [3.8, 4) is 11.5 Å². The average molecular weight is 278 g/mol. The molecule has 0 spiro atoms. The van der Waals surface area contributed by atoms with Gasteiger partial charge in [-0.1, -0.05) is 12.1 Å². The molecule has 0 aliphatic carbocycles.